The molecule has 7 aromatic rings. The van der Waals surface area contributed by atoms with Gasteiger partial charge in [0.15, 0.2) is 5.82 Å². The van der Waals surface area contributed by atoms with E-state index in [1.807, 2.05) is 30.3 Å². The van der Waals surface area contributed by atoms with Crippen LogP contribution in [0.3, 0.4) is 0 Å². The number of rotatable bonds is 3. The van der Waals surface area contributed by atoms with Gasteiger partial charge in [-0.05, 0) is 46.3 Å². The molecule has 1 aromatic heterocycles. The Kier molecular flexibility index (Phi) is 4.82. The minimum atomic E-state index is 0.829. The Balaban J connectivity index is 1.41. The summed E-state index contributed by atoms with van der Waals surface area (Å²) in [7, 11) is 0. The first-order valence-electron chi connectivity index (χ1n) is 13.2. The van der Waals surface area contributed by atoms with Gasteiger partial charge < -0.3 is 0 Å². The van der Waals surface area contributed by atoms with Crippen molar-refractivity contribution in [2.45, 2.75) is 0 Å². The van der Waals surface area contributed by atoms with Crippen LogP contribution in [0.2, 0.25) is 0 Å². The van der Waals surface area contributed by atoms with Crippen molar-refractivity contribution in [3.63, 3.8) is 0 Å². The number of benzene rings is 6. The van der Waals surface area contributed by atoms with Crippen molar-refractivity contribution >= 4 is 39.0 Å². The third-order valence-corrected chi connectivity index (χ3v) is 7.59. The maximum absolute atomic E-state index is 5.28. The SMILES string of the molecule is c1ccc(-c2ccc(-c3nc4ccccc4nc3N3c4ccccc4-c4cccc5cccc3c45)cc2)cc1. The van der Waals surface area contributed by atoms with Gasteiger partial charge in [0.2, 0.25) is 0 Å². The third-order valence-electron chi connectivity index (χ3n) is 7.59. The second-order valence-corrected chi connectivity index (χ2v) is 9.86. The average Bonchev–Trinajstić information content (AvgIpc) is 3.01. The highest BCUT2D eigenvalue weighted by Gasteiger charge is 2.29. The Morgan fingerprint density at radius 2 is 1.00 bits per heavy atom. The lowest BCUT2D eigenvalue weighted by Crippen LogP contribution is -2.17. The summed E-state index contributed by atoms with van der Waals surface area (Å²) < 4.78 is 0. The average molecular weight is 498 g/mol. The van der Waals surface area contributed by atoms with Crippen LogP contribution < -0.4 is 4.90 Å². The molecule has 0 amide bonds. The van der Waals surface area contributed by atoms with Crippen LogP contribution in [-0.2, 0) is 0 Å². The normalized spacial score (nSPS) is 12.1. The Bertz CT molecular complexity index is 2010. The topological polar surface area (TPSA) is 29.0 Å². The van der Waals surface area contributed by atoms with E-state index >= 15 is 0 Å². The molecular weight excluding hydrogens is 474 g/mol. The van der Waals surface area contributed by atoms with E-state index in [0.717, 1.165) is 39.5 Å². The second kappa shape index (κ2) is 8.64. The van der Waals surface area contributed by atoms with E-state index in [9.17, 15) is 0 Å². The lowest BCUT2D eigenvalue weighted by molar-refractivity contribution is 1.18. The molecule has 3 nitrogen and oxygen atoms in total. The first kappa shape index (κ1) is 21.8. The first-order chi connectivity index (χ1) is 19.3. The summed E-state index contributed by atoms with van der Waals surface area (Å²) in [5.41, 5.74) is 10.7. The van der Waals surface area contributed by atoms with Crippen LogP contribution in [0.4, 0.5) is 17.2 Å². The molecule has 3 heteroatoms. The van der Waals surface area contributed by atoms with Gasteiger partial charge in [0.1, 0.15) is 5.69 Å². The molecule has 6 aromatic carbocycles. The molecule has 0 atom stereocenters. The fourth-order valence-electron chi connectivity index (χ4n) is 5.78. The zero-order valence-electron chi connectivity index (χ0n) is 21.1. The molecule has 0 saturated heterocycles. The Labute approximate surface area is 226 Å². The summed E-state index contributed by atoms with van der Waals surface area (Å²) >= 11 is 0. The van der Waals surface area contributed by atoms with Gasteiger partial charge in [-0.25, -0.2) is 9.97 Å². The Hall–Kier alpha value is -5.28. The van der Waals surface area contributed by atoms with E-state index in [2.05, 4.69) is 114 Å². The maximum atomic E-state index is 5.28. The highest BCUT2D eigenvalue weighted by Crippen LogP contribution is 2.51. The van der Waals surface area contributed by atoms with Gasteiger partial charge in [-0.1, -0.05) is 115 Å². The number of anilines is 3. The highest BCUT2D eigenvalue weighted by atomic mass is 15.2. The molecule has 182 valence electrons. The lowest BCUT2D eigenvalue weighted by atomic mass is 9.91. The summed E-state index contributed by atoms with van der Waals surface area (Å²) in [4.78, 5) is 12.8. The van der Waals surface area contributed by atoms with E-state index in [1.165, 1.54) is 33.0 Å². The maximum Gasteiger partial charge on any atom is 0.165 e. The quantitative estimate of drug-likeness (QED) is 0.243. The van der Waals surface area contributed by atoms with Crippen molar-refractivity contribution in [2.24, 2.45) is 0 Å². The Morgan fingerprint density at radius 1 is 0.410 bits per heavy atom. The van der Waals surface area contributed by atoms with Crippen LogP contribution >= 0.6 is 0 Å². The van der Waals surface area contributed by atoms with E-state index in [4.69, 9.17) is 9.97 Å². The molecular formula is C36H23N3. The van der Waals surface area contributed by atoms with Crippen LogP contribution in [0.5, 0.6) is 0 Å². The molecule has 0 aliphatic carbocycles. The predicted octanol–water partition coefficient (Wildman–Crippen LogP) is 9.57. The van der Waals surface area contributed by atoms with Gasteiger partial charge in [0.05, 0.1) is 22.4 Å². The van der Waals surface area contributed by atoms with Crippen molar-refractivity contribution in [1.82, 2.24) is 9.97 Å². The highest BCUT2D eigenvalue weighted by molar-refractivity contribution is 6.14. The molecule has 39 heavy (non-hydrogen) atoms. The summed E-state index contributed by atoms with van der Waals surface area (Å²) in [5, 5.41) is 2.45. The number of hydrogen-bond donors (Lipinski definition) is 0. The monoisotopic (exact) mass is 497 g/mol. The van der Waals surface area contributed by atoms with Crippen LogP contribution in [-0.4, -0.2) is 9.97 Å². The number of hydrogen-bond acceptors (Lipinski definition) is 3. The van der Waals surface area contributed by atoms with Crippen molar-refractivity contribution in [2.75, 3.05) is 4.90 Å². The fourth-order valence-corrected chi connectivity index (χ4v) is 5.78. The number of aromatic nitrogens is 2. The van der Waals surface area contributed by atoms with E-state index < -0.39 is 0 Å². The molecule has 0 saturated carbocycles. The summed E-state index contributed by atoms with van der Waals surface area (Å²) in [6.45, 7) is 0. The minimum absolute atomic E-state index is 0.829. The molecule has 0 N–H and O–H groups in total. The van der Waals surface area contributed by atoms with Gasteiger partial charge in [0, 0.05) is 16.5 Å². The smallest absolute Gasteiger partial charge is 0.165 e. The summed E-state index contributed by atoms with van der Waals surface area (Å²) in [6, 6.07) is 48.9. The van der Waals surface area contributed by atoms with Crippen LogP contribution in [0.1, 0.15) is 0 Å². The Morgan fingerprint density at radius 3 is 1.82 bits per heavy atom. The first-order valence-corrected chi connectivity index (χ1v) is 13.2. The standard InChI is InChI=1S/C36H23N3/c1-2-10-24(11-3-1)25-20-22-27(23-21-25)35-36(38-31-17-6-5-16-30(31)37-35)39-32-18-7-4-14-28(32)29-15-8-12-26-13-9-19-33(39)34(26)29/h1-23H. The van der Waals surface area contributed by atoms with Crippen molar-refractivity contribution in [1.29, 1.82) is 0 Å². The zero-order chi connectivity index (χ0) is 25.8. The van der Waals surface area contributed by atoms with Gasteiger partial charge in [-0.15, -0.1) is 0 Å². The molecule has 1 aliphatic heterocycles. The molecule has 0 unspecified atom stereocenters. The van der Waals surface area contributed by atoms with Crippen molar-refractivity contribution in [3.8, 4) is 33.5 Å². The third kappa shape index (κ3) is 3.44. The van der Waals surface area contributed by atoms with Crippen LogP contribution in [0.25, 0.3) is 55.3 Å². The largest absolute Gasteiger partial charge is 0.292 e. The molecule has 8 rings (SSSR count). The van der Waals surface area contributed by atoms with Crippen molar-refractivity contribution in [3.05, 3.63) is 140 Å². The molecule has 0 spiro atoms. The van der Waals surface area contributed by atoms with Gasteiger partial charge in [0.25, 0.3) is 0 Å². The van der Waals surface area contributed by atoms with Gasteiger partial charge >= 0.3 is 0 Å². The summed E-state index contributed by atoms with van der Waals surface area (Å²) in [6.07, 6.45) is 0. The van der Waals surface area contributed by atoms with Crippen LogP contribution in [0.15, 0.2) is 140 Å². The number of fused-ring (bicyclic) bond motifs is 3. The van der Waals surface area contributed by atoms with Crippen molar-refractivity contribution < 1.29 is 0 Å². The number of nitrogens with zero attached hydrogens (tertiary/aromatic N) is 3. The van der Waals surface area contributed by atoms with E-state index in [1.54, 1.807) is 0 Å². The predicted molar refractivity (Wildman–Crippen MR) is 162 cm³/mol. The lowest BCUT2D eigenvalue weighted by Gasteiger charge is -2.33. The minimum Gasteiger partial charge on any atom is -0.292 e. The van der Waals surface area contributed by atoms with Crippen LogP contribution in [0, 0.1) is 0 Å². The molecule has 0 fully saturated rings. The molecule has 0 radical (unpaired) electrons. The van der Waals surface area contributed by atoms with Gasteiger partial charge in [-0.3, -0.25) is 4.90 Å². The molecule has 1 aliphatic rings. The van der Waals surface area contributed by atoms with E-state index in [0.29, 0.717) is 0 Å². The summed E-state index contributed by atoms with van der Waals surface area (Å²) in [5.74, 6) is 0.829. The molecule has 2 heterocycles. The fraction of sp³-hybridized carbons (Fsp3) is 0. The second-order valence-electron chi connectivity index (χ2n) is 9.86. The van der Waals surface area contributed by atoms with E-state index in [-0.39, 0.29) is 0 Å². The number of para-hydroxylation sites is 3. The molecule has 0 bridgehead atoms. The van der Waals surface area contributed by atoms with Gasteiger partial charge in [-0.2, -0.15) is 0 Å². The zero-order valence-corrected chi connectivity index (χ0v) is 21.1.